The number of halogens is 2. The number of alkyl halides is 1. The van der Waals surface area contributed by atoms with Crippen molar-refractivity contribution in [3.05, 3.63) is 0 Å². The smallest absolute Gasteiger partial charge is 0.410 e. The molecule has 18 heavy (non-hydrogen) atoms. The molecule has 2 aliphatic rings. The van der Waals surface area contributed by atoms with Crippen LogP contribution in [0.15, 0.2) is 0 Å². The van der Waals surface area contributed by atoms with Gasteiger partial charge in [0, 0.05) is 37.5 Å². The summed E-state index contributed by atoms with van der Waals surface area (Å²) in [6.45, 7) is 7.99. The molecule has 2 rings (SSSR count). The van der Waals surface area contributed by atoms with Gasteiger partial charge in [0.25, 0.3) is 0 Å². The summed E-state index contributed by atoms with van der Waals surface area (Å²) in [6, 6.07) is 0. The molecule has 1 N–H and O–H groups in total. The van der Waals surface area contributed by atoms with E-state index in [4.69, 9.17) is 4.74 Å². The molecule has 0 aromatic carbocycles. The Morgan fingerprint density at radius 3 is 2.61 bits per heavy atom. The van der Waals surface area contributed by atoms with Crippen molar-refractivity contribution in [2.75, 3.05) is 32.9 Å². The Balaban J connectivity index is 0.00000162. The summed E-state index contributed by atoms with van der Waals surface area (Å²) < 4.78 is 18.1. The first-order valence-corrected chi connectivity index (χ1v) is 6.11. The minimum Gasteiger partial charge on any atom is -0.444 e. The van der Waals surface area contributed by atoms with Gasteiger partial charge in [-0.1, -0.05) is 0 Å². The quantitative estimate of drug-likeness (QED) is 0.797. The molecule has 0 aromatic heterocycles. The van der Waals surface area contributed by atoms with Crippen molar-refractivity contribution >= 4 is 18.5 Å². The van der Waals surface area contributed by atoms with Gasteiger partial charge in [-0.2, -0.15) is 0 Å². The number of nitrogens with zero attached hydrogens (tertiary/aromatic N) is 1. The molecule has 6 heteroatoms. The standard InChI is InChI=1S/C12H21FN2O2.ClH/c1-11(2,3)17-10(16)15-7-12(8-15)6-14-5-9(12)4-13;/h9,14H,4-8H2,1-3H3;1H. The van der Waals surface area contributed by atoms with Gasteiger partial charge in [-0.3, -0.25) is 4.39 Å². The number of hydrogen-bond donors (Lipinski definition) is 1. The Kier molecular flexibility index (Phi) is 4.49. The number of amides is 1. The van der Waals surface area contributed by atoms with Gasteiger partial charge in [0.05, 0.1) is 6.67 Å². The highest BCUT2D eigenvalue weighted by Gasteiger charge is 2.53. The Bertz CT molecular complexity index is 314. The third-order valence-electron chi connectivity index (χ3n) is 3.58. The van der Waals surface area contributed by atoms with Gasteiger partial charge in [0.15, 0.2) is 0 Å². The second-order valence-corrected chi connectivity index (χ2v) is 6.18. The van der Waals surface area contributed by atoms with E-state index in [1.165, 1.54) is 0 Å². The van der Waals surface area contributed by atoms with E-state index in [1.807, 2.05) is 20.8 Å². The molecule has 0 bridgehead atoms. The van der Waals surface area contributed by atoms with Crippen molar-refractivity contribution in [2.45, 2.75) is 26.4 Å². The van der Waals surface area contributed by atoms with Gasteiger partial charge in [0.1, 0.15) is 5.60 Å². The van der Waals surface area contributed by atoms with Crippen LogP contribution in [0.5, 0.6) is 0 Å². The molecule has 1 unspecified atom stereocenters. The maximum atomic E-state index is 12.8. The summed E-state index contributed by atoms with van der Waals surface area (Å²) in [5, 5.41) is 3.20. The number of ether oxygens (including phenoxy) is 1. The second kappa shape index (κ2) is 5.21. The van der Waals surface area contributed by atoms with Gasteiger partial charge in [0.2, 0.25) is 0 Å². The molecular formula is C12H22ClFN2O2. The van der Waals surface area contributed by atoms with Gasteiger partial charge < -0.3 is 15.0 Å². The first-order valence-electron chi connectivity index (χ1n) is 6.11. The molecule has 1 spiro atoms. The lowest BCUT2D eigenvalue weighted by Gasteiger charge is -2.50. The zero-order valence-corrected chi connectivity index (χ0v) is 12.0. The van der Waals surface area contributed by atoms with Crippen LogP contribution in [-0.4, -0.2) is 49.4 Å². The summed E-state index contributed by atoms with van der Waals surface area (Å²) in [5.74, 6) is 0.0428. The molecule has 2 fully saturated rings. The molecule has 1 atom stereocenters. The van der Waals surface area contributed by atoms with Crippen LogP contribution in [0.3, 0.4) is 0 Å². The van der Waals surface area contributed by atoms with Crippen molar-refractivity contribution in [3.8, 4) is 0 Å². The molecule has 106 valence electrons. The Morgan fingerprint density at radius 2 is 2.11 bits per heavy atom. The van der Waals surface area contributed by atoms with E-state index in [1.54, 1.807) is 4.90 Å². The molecule has 4 nitrogen and oxygen atoms in total. The summed E-state index contributed by atoms with van der Waals surface area (Å²) in [6.07, 6.45) is -0.285. The average molecular weight is 281 g/mol. The fourth-order valence-corrected chi connectivity index (χ4v) is 2.61. The largest absolute Gasteiger partial charge is 0.444 e. The van der Waals surface area contributed by atoms with Gasteiger partial charge in [-0.05, 0) is 20.8 Å². The van der Waals surface area contributed by atoms with E-state index in [9.17, 15) is 9.18 Å². The topological polar surface area (TPSA) is 41.6 Å². The van der Waals surface area contributed by atoms with Gasteiger partial charge in [-0.25, -0.2) is 4.79 Å². The van der Waals surface area contributed by atoms with Gasteiger partial charge in [-0.15, -0.1) is 12.4 Å². The average Bonchev–Trinajstić information content (AvgIpc) is 2.55. The molecular weight excluding hydrogens is 259 g/mol. The number of hydrogen-bond acceptors (Lipinski definition) is 3. The van der Waals surface area contributed by atoms with E-state index in [0.29, 0.717) is 13.1 Å². The summed E-state index contributed by atoms with van der Waals surface area (Å²) >= 11 is 0. The normalized spacial score (nSPS) is 25.6. The first-order chi connectivity index (χ1) is 7.86. The lowest BCUT2D eigenvalue weighted by molar-refractivity contribution is -0.0463. The van der Waals surface area contributed by atoms with Crippen molar-refractivity contribution in [3.63, 3.8) is 0 Å². The van der Waals surface area contributed by atoms with E-state index in [-0.39, 0.29) is 36.5 Å². The molecule has 0 aliphatic carbocycles. The summed E-state index contributed by atoms with van der Waals surface area (Å²) in [7, 11) is 0. The molecule has 2 saturated heterocycles. The van der Waals surface area contributed by atoms with Crippen LogP contribution in [0.4, 0.5) is 9.18 Å². The molecule has 0 saturated carbocycles. The number of likely N-dealkylation sites (tertiary alicyclic amines) is 1. The maximum Gasteiger partial charge on any atom is 0.410 e. The van der Waals surface area contributed by atoms with Crippen LogP contribution in [0, 0.1) is 11.3 Å². The second-order valence-electron chi connectivity index (χ2n) is 6.18. The van der Waals surface area contributed by atoms with Crippen molar-refractivity contribution < 1.29 is 13.9 Å². The van der Waals surface area contributed by atoms with Crippen molar-refractivity contribution in [1.82, 2.24) is 10.2 Å². The SMILES string of the molecule is CC(C)(C)OC(=O)N1CC2(CNCC2CF)C1.Cl. The van der Waals surface area contributed by atoms with E-state index in [0.717, 1.165) is 13.1 Å². The molecule has 0 radical (unpaired) electrons. The van der Waals surface area contributed by atoms with Crippen LogP contribution < -0.4 is 5.32 Å². The monoisotopic (exact) mass is 280 g/mol. The number of carbonyl (C=O) groups is 1. The minimum atomic E-state index is -0.465. The Labute approximate surface area is 114 Å². The predicted molar refractivity (Wildman–Crippen MR) is 69.8 cm³/mol. The van der Waals surface area contributed by atoms with Crippen LogP contribution in [0.1, 0.15) is 20.8 Å². The maximum absolute atomic E-state index is 12.8. The first kappa shape index (κ1) is 15.5. The van der Waals surface area contributed by atoms with Crippen molar-refractivity contribution in [1.29, 1.82) is 0 Å². The molecule has 2 aliphatic heterocycles. The third kappa shape index (κ3) is 2.88. The van der Waals surface area contributed by atoms with Crippen LogP contribution in [0.2, 0.25) is 0 Å². The van der Waals surface area contributed by atoms with Gasteiger partial charge >= 0.3 is 6.09 Å². The highest BCUT2D eigenvalue weighted by atomic mass is 35.5. The van der Waals surface area contributed by atoms with Crippen molar-refractivity contribution in [2.24, 2.45) is 11.3 Å². The van der Waals surface area contributed by atoms with Crippen LogP contribution in [0.25, 0.3) is 0 Å². The minimum absolute atomic E-state index is 0. The fraction of sp³-hybridized carbons (Fsp3) is 0.917. The van der Waals surface area contributed by atoms with Crippen LogP contribution >= 0.6 is 12.4 Å². The highest BCUT2D eigenvalue weighted by molar-refractivity contribution is 5.85. The number of rotatable bonds is 1. The predicted octanol–water partition coefficient (Wildman–Crippen LogP) is 1.83. The third-order valence-corrected chi connectivity index (χ3v) is 3.58. The lowest BCUT2D eigenvalue weighted by Crippen LogP contribution is -2.63. The summed E-state index contributed by atoms with van der Waals surface area (Å²) in [4.78, 5) is 13.4. The summed E-state index contributed by atoms with van der Waals surface area (Å²) in [5.41, 5.74) is -0.515. The number of nitrogens with one attached hydrogen (secondary N) is 1. The molecule has 0 aromatic rings. The number of carbonyl (C=O) groups excluding carboxylic acids is 1. The lowest BCUT2D eigenvalue weighted by atomic mass is 9.72. The van der Waals surface area contributed by atoms with Crippen LogP contribution in [-0.2, 0) is 4.74 Å². The Hall–Kier alpha value is -0.550. The highest BCUT2D eigenvalue weighted by Crippen LogP contribution is 2.41. The Morgan fingerprint density at radius 1 is 1.50 bits per heavy atom. The zero-order valence-electron chi connectivity index (χ0n) is 11.2. The van der Waals surface area contributed by atoms with E-state index < -0.39 is 5.60 Å². The molecule has 2 heterocycles. The van der Waals surface area contributed by atoms with E-state index >= 15 is 0 Å². The van der Waals surface area contributed by atoms with E-state index in [2.05, 4.69) is 5.32 Å². The zero-order chi connectivity index (χ0) is 12.7. The molecule has 1 amide bonds. The fourth-order valence-electron chi connectivity index (χ4n) is 2.61.